The molecular weight excluding hydrogens is 310 g/mol. The SMILES string of the molecule is C=C(C)c1cccc(C(C)(C)NC(=O)NCCc2cc(C)[nH]c2C)c1. The minimum absolute atomic E-state index is 0.157. The zero-order valence-corrected chi connectivity index (χ0v) is 15.9. The fourth-order valence-electron chi connectivity index (χ4n) is 2.93. The van der Waals surface area contributed by atoms with Crippen molar-refractivity contribution >= 4 is 11.6 Å². The van der Waals surface area contributed by atoms with Crippen molar-refractivity contribution in [3.8, 4) is 0 Å². The van der Waals surface area contributed by atoms with Gasteiger partial charge in [-0.2, -0.15) is 0 Å². The summed E-state index contributed by atoms with van der Waals surface area (Å²) in [5.74, 6) is 0. The van der Waals surface area contributed by atoms with Gasteiger partial charge in [-0.3, -0.25) is 0 Å². The quantitative estimate of drug-likeness (QED) is 0.716. The number of allylic oxidation sites excluding steroid dienone is 1. The third kappa shape index (κ3) is 4.99. The second-order valence-electron chi connectivity index (χ2n) is 7.22. The lowest BCUT2D eigenvalue weighted by atomic mass is 9.92. The highest BCUT2D eigenvalue weighted by molar-refractivity contribution is 5.75. The van der Waals surface area contributed by atoms with Gasteiger partial charge in [-0.25, -0.2) is 4.79 Å². The minimum atomic E-state index is -0.462. The van der Waals surface area contributed by atoms with Crippen LogP contribution in [0.1, 0.15) is 48.8 Å². The summed E-state index contributed by atoms with van der Waals surface area (Å²) in [6, 6.07) is 10.1. The molecule has 2 rings (SSSR count). The van der Waals surface area contributed by atoms with Crippen molar-refractivity contribution in [1.82, 2.24) is 15.6 Å². The summed E-state index contributed by atoms with van der Waals surface area (Å²) in [5.41, 5.74) is 6.25. The Hall–Kier alpha value is -2.49. The van der Waals surface area contributed by atoms with Gasteiger partial charge in [0.2, 0.25) is 0 Å². The molecule has 2 aromatic rings. The van der Waals surface area contributed by atoms with Crippen LogP contribution in [0.15, 0.2) is 36.9 Å². The lowest BCUT2D eigenvalue weighted by molar-refractivity contribution is 0.230. The van der Waals surface area contributed by atoms with Gasteiger partial charge in [-0.15, -0.1) is 0 Å². The summed E-state index contributed by atoms with van der Waals surface area (Å²) in [6.07, 6.45) is 0.815. The van der Waals surface area contributed by atoms with E-state index in [2.05, 4.69) is 41.3 Å². The zero-order valence-electron chi connectivity index (χ0n) is 15.9. The van der Waals surface area contributed by atoms with Crippen LogP contribution in [0.3, 0.4) is 0 Å². The van der Waals surface area contributed by atoms with Crippen molar-refractivity contribution in [2.75, 3.05) is 6.54 Å². The molecule has 1 aromatic heterocycles. The molecule has 1 aromatic carbocycles. The molecule has 0 unspecified atom stereocenters. The molecule has 0 aliphatic carbocycles. The Balaban J connectivity index is 1.93. The monoisotopic (exact) mass is 339 g/mol. The average Bonchev–Trinajstić information content (AvgIpc) is 2.84. The summed E-state index contributed by atoms with van der Waals surface area (Å²) in [7, 11) is 0. The van der Waals surface area contributed by atoms with Gasteiger partial charge in [0.15, 0.2) is 0 Å². The molecule has 0 bridgehead atoms. The number of hydrogen-bond donors (Lipinski definition) is 3. The molecule has 3 N–H and O–H groups in total. The Morgan fingerprint density at radius 1 is 1.24 bits per heavy atom. The molecule has 0 saturated carbocycles. The van der Waals surface area contributed by atoms with Crippen LogP contribution in [-0.2, 0) is 12.0 Å². The van der Waals surface area contributed by atoms with E-state index in [4.69, 9.17) is 0 Å². The number of aryl methyl sites for hydroxylation is 2. The number of nitrogens with one attached hydrogen (secondary N) is 3. The number of carbonyl (C=O) groups excluding carboxylic acids is 1. The highest BCUT2D eigenvalue weighted by Crippen LogP contribution is 2.23. The van der Waals surface area contributed by atoms with E-state index < -0.39 is 5.54 Å². The topological polar surface area (TPSA) is 56.9 Å². The van der Waals surface area contributed by atoms with E-state index in [0.29, 0.717) is 6.54 Å². The number of carbonyl (C=O) groups is 1. The second kappa shape index (κ2) is 7.60. The maximum atomic E-state index is 12.3. The molecule has 25 heavy (non-hydrogen) atoms. The van der Waals surface area contributed by atoms with E-state index in [1.54, 1.807) is 0 Å². The summed E-state index contributed by atoms with van der Waals surface area (Å²) >= 11 is 0. The number of aromatic nitrogens is 1. The van der Waals surface area contributed by atoms with Gasteiger partial charge in [-0.05, 0) is 69.9 Å². The van der Waals surface area contributed by atoms with Gasteiger partial charge < -0.3 is 15.6 Å². The molecule has 4 nitrogen and oxygen atoms in total. The summed E-state index contributed by atoms with van der Waals surface area (Å²) in [6.45, 7) is 14.7. The van der Waals surface area contributed by atoms with Gasteiger partial charge in [-0.1, -0.05) is 30.4 Å². The first kappa shape index (κ1) is 18.8. The number of hydrogen-bond acceptors (Lipinski definition) is 1. The van der Waals surface area contributed by atoms with Gasteiger partial charge in [0.05, 0.1) is 5.54 Å². The average molecular weight is 339 g/mol. The molecule has 0 aliphatic heterocycles. The standard InChI is InChI=1S/C21H29N3O/c1-14(2)17-8-7-9-19(13-17)21(5,6)24-20(25)22-11-10-18-12-15(3)23-16(18)4/h7-9,12-13,23H,1,10-11H2,2-6H3,(H2,22,24,25). The fourth-order valence-corrected chi connectivity index (χ4v) is 2.93. The van der Waals surface area contributed by atoms with Crippen LogP contribution < -0.4 is 10.6 Å². The number of benzene rings is 1. The second-order valence-corrected chi connectivity index (χ2v) is 7.22. The smallest absolute Gasteiger partial charge is 0.315 e. The highest BCUT2D eigenvalue weighted by atomic mass is 16.2. The molecule has 1 heterocycles. The van der Waals surface area contributed by atoms with Crippen LogP contribution in [0, 0.1) is 13.8 Å². The lowest BCUT2D eigenvalue weighted by Gasteiger charge is -2.27. The number of urea groups is 1. The van der Waals surface area contributed by atoms with Gasteiger partial charge in [0.25, 0.3) is 0 Å². The van der Waals surface area contributed by atoms with E-state index in [9.17, 15) is 4.79 Å². The number of amides is 2. The van der Waals surface area contributed by atoms with Crippen LogP contribution in [0.5, 0.6) is 0 Å². The lowest BCUT2D eigenvalue weighted by Crippen LogP contribution is -2.46. The third-order valence-corrected chi connectivity index (χ3v) is 4.44. The predicted molar refractivity (Wildman–Crippen MR) is 105 cm³/mol. The molecule has 0 aliphatic rings. The molecule has 4 heteroatoms. The first-order valence-corrected chi connectivity index (χ1v) is 8.66. The van der Waals surface area contributed by atoms with Crippen LogP contribution >= 0.6 is 0 Å². The Kier molecular flexibility index (Phi) is 5.73. The summed E-state index contributed by atoms with van der Waals surface area (Å²) < 4.78 is 0. The number of rotatable bonds is 6. The molecule has 0 saturated heterocycles. The van der Waals surface area contributed by atoms with E-state index in [1.807, 2.05) is 45.9 Å². The maximum Gasteiger partial charge on any atom is 0.315 e. The Labute approximate surface area is 150 Å². The van der Waals surface area contributed by atoms with E-state index in [-0.39, 0.29) is 6.03 Å². The predicted octanol–water partition coefficient (Wildman–Crippen LogP) is 4.44. The van der Waals surface area contributed by atoms with Crippen molar-refractivity contribution in [3.63, 3.8) is 0 Å². The van der Waals surface area contributed by atoms with E-state index in [0.717, 1.165) is 34.5 Å². The van der Waals surface area contributed by atoms with Crippen LogP contribution in [0.25, 0.3) is 5.57 Å². The molecule has 2 amide bonds. The Morgan fingerprint density at radius 3 is 2.56 bits per heavy atom. The van der Waals surface area contributed by atoms with Crippen molar-refractivity contribution in [2.45, 2.75) is 46.6 Å². The molecular formula is C21H29N3O. The molecule has 0 fully saturated rings. The molecule has 0 atom stereocenters. The number of H-pyrrole nitrogens is 1. The maximum absolute atomic E-state index is 12.3. The molecule has 134 valence electrons. The fraction of sp³-hybridized carbons (Fsp3) is 0.381. The van der Waals surface area contributed by atoms with Crippen molar-refractivity contribution in [1.29, 1.82) is 0 Å². The number of aromatic amines is 1. The van der Waals surface area contributed by atoms with Crippen LogP contribution in [0.2, 0.25) is 0 Å². The zero-order chi connectivity index (χ0) is 18.6. The van der Waals surface area contributed by atoms with Gasteiger partial charge >= 0.3 is 6.03 Å². The Morgan fingerprint density at radius 2 is 1.96 bits per heavy atom. The van der Waals surface area contributed by atoms with Crippen LogP contribution in [0.4, 0.5) is 4.79 Å². The van der Waals surface area contributed by atoms with Gasteiger partial charge in [0, 0.05) is 17.9 Å². The molecule has 0 spiro atoms. The normalized spacial score (nSPS) is 11.2. The van der Waals surface area contributed by atoms with Gasteiger partial charge in [0.1, 0.15) is 0 Å². The Bertz CT molecular complexity index is 771. The molecule has 0 radical (unpaired) electrons. The third-order valence-electron chi connectivity index (χ3n) is 4.44. The van der Waals surface area contributed by atoms with Crippen LogP contribution in [-0.4, -0.2) is 17.6 Å². The largest absolute Gasteiger partial charge is 0.362 e. The first-order chi connectivity index (χ1) is 11.7. The first-order valence-electron chi connectivity index (χ1n) is 8.66. The van der Waals surface area contributed by atoms with E-state index in [1.165, 1.54) is 5.56 Å². The van der Waals surface area contributed by atoms with E-state index >= 15 is 0 Å². The summed E-state index contributed by atoms with van der Waals surface area (Å²) in [4.78, 5) is 15.6. The highest BCUT2D eigenvalue weighted by Gasteiger charge is 2.23. The van der Waals surface area contributed by atoms with Crippen molar-refractivity contribution in [2.24, 2.45) is 0 Å². The van der Waals surface area contributed by atoms with Crippen molar-refractivity contribution < 1.29 is 4.79 Å². The summed E-state index contributed by atoms with van der Waals surface area (Å²) in [5, 5.41) is 6.01. The minimum Gasteiger partial charge on any atom is -0.362 e. The van der Waals surface area contributed by atoms with Crippen molar-refractivity contribution in [3.05, 3.63) is 65.0 Å².